The Morgan fingerprint density at radius 1 is 1.08 bits per heavy atom. The average molecular weight is 523 g/mol. The number of hydrogen-bond acceptors (Lipinski definition) is 8. The highest BCUT2D eigenvalue weighted by Crippen LogP contribution is 2.44. The molecule has 1 N–H and O–H groups in total. The van der Waals surface area contributed by atoms with Gasteiger partial charge in [-0.3, -0.25) is 4.79 Å². The maximum Gasteiger partial charge on any atom is 0.407 e. The highest BCUT2D eigenvalue weighted by Gasteiger charge is 2.45. The predicted octanol–water partition coefficient (Wildman–Crippen LogP) is 4.72. The van der Waals surface area contributed by atoms with Gasteiger partial charge in [0.1, 0.15) is 12.2 Å². The fourth-order valence-corrected chi connectivity index (χ4v) is 4.84. The molecular formula is C29H34N2O7. The van der Waals surface area contributed by atoms with Gasteiger partial charge in [0, 0.05) is 18.8 Å². The minimum atomic E-state index is -1.31. The number of ether oxygens (including phenoxy) is 3. The smallest absolute Gasteiger partial charge is 0.407 e. The summed E-state index contributed by atoms with van der Waals surface area (Å²) in [6, 6.07) is 15.5. The molecule has 9 heteroatoms. The van der Waals surface area contributed by atoms with E-state index in [-0.39, 0.29) is 31.8 Å². The molecule has 9 nitrogen and oxygen atoms in total. The Morgan fingerprint density at radius 2 is 1.68 bits per heavy atom. The number of carbonyl (C=O) groups excluding carboxylic acids is 3. The van der Waals surface area contributed by atoms with Crippen LogP contribution in [0.3, 0.4) is 0 Å². The van der Waals surface area contributed by atoms with Crippen LogP contribution < -0.4 is 5.32 Å². The van der Waals surface area contributed by atoms with Crippen LogP contribution in [0.5, 0.6) is 0 Å². The van der Waals surface area contributed by atoms with Crippen LogP contribution in [0, 0.1) is 0 Å². The van der Waals surface area contributed by atoms with Crippen molar-refractivity contribution in [3.8, 4) is 11.1 Å². The number of amides is 1. The minimum absolute atomic E-state index is 0.0273. The molecule has 0 aromatic heterocycles. The van der Waals surface area contributed by atoms with Crippen LogP contribution in [0.1, 0.15) is 64.0 Å². The molecule has 2 aliphatic rings. The van der Waals surface area contributed by atoms with Crippen molar-refractivity contribution in [2.75, 3.05) is 13.7 Å². The van der Waals surface area contributed by atoms with E-state index in [0.29, 0.717) is 5.71 Å². The lowest BCUT2D eigenvalue weighted by Gasteiger charge is -2.22. The molecule has 0 bridgehead atoms. The Labute approximate surface area is 222 Å². The van der Waals surface area contributed by atoms with E-state index in [2.05, 4.69) is 22.6 Å². The maximum absolute atomic E-state index is 13.0. The fourth-order valence-electron chi connectivity index (χ4n) is 4.84. The van der Waals surface area contributed by atoms with E-state index < -0.39 is 35.3 Å². The zero-order chi connectivity index (χ0) is 27.5. The lowest BCUT2D eigenvalue weighted by Crippen LogP contribution is -2.44. The van der Waals surface area contributed by atoms with Crippen molar-refractivity contribution in [2.45, 2.75) is 70.1 Å². The highest BCUT2D eigenvalue weighted by atomic mass is 16.7. The van der Waals surface area contributed by atoms with Crippen LogP contribution in [-0.2, 0) is 28.6 Å². The zero-order valence-corrected chi connectivity index (χ0v) is 22.4. The zero-order valence-electron chi connectivity index (χ0n) is 22.4. The lowest BCUT2D eigenvalue weighted by atomic mass is 9.94. The number of nitrogens with zero attached hydrogens (tertiary/aromatic N) is 1. The molecule has 4 rings (SSSR count). The van der Waals surface area contributed by atoms with E-state index in [0.717, 1.165) is 22.3 Å². The van der Waals surface area contributed by atoms with Crippen LogP contribution >= 0.6 is 0 Å². The van der Waals surface area contributed by atoms with E-state index in [9.17, 15) is 14.4 Å². The molecule has 2 atom stereocenters. The fraction of sp³-hybridized carbons (Fsp3) is 0.448. The first-order valence-corrected chi connectivity index (χ1v) is 12.7. The molecule has 202 valence electrons. The van der Waals surface area contributed by atoms with Crippen molar-refractivity contribution in [1.82, 2.24) is 5.32 Å². The highest BCUT2D eigenvalue weighted by molar-refractivity contribution is 5.98. The van der Waals surface area contributed by atoms with Gasteiger partial charge in [0.05, 0.1) is 18.9 Å². The van der Waals surface area contributed by atoms with Crippen molar-refractivity contribution >= 4 is 23.7 Å². The van der Waals surface area contributed by atoms with Gasteiger partial charge in [-0.15, -0.1) is 0 Å². The molecule has 1 amide bonds. The quantitative estimate of drug-likeness (QED) is 0.394. The number of fused-ring (bicyclic) bond motifs is 3. The Kier molecular flexibility index (Phi) is 7.76. The Balaban J connectivity index is 1.44. The van der Waals surface area contributed by atoms with Crippen LogP contribution in [0.15, 0.2) is 53.7 Å². The van der Waals surface area contributed by atoms with Crippen molar-refractivity contribution in [1.29, 1.82) is 0 Å². The van der Waals surface area contributed by atoms with Crippen LogP contribution in [0.25, 0.3) is 11.1 Å². The van der Waals surface area contributed by atoms with Crippen LogP contribution in [0.2, 0.25) is 0 Å². The summed E-state index contributed by atoms with van der Waals surface area (Å²) in [6.07, 6.45) is -0.337. The second-order valence-electron chi connectivity index (χ2n) is 10.7. The van der Waals surface area contributed by atoms with Gasteiger partial charge in [0.15, 0.2) is 0 Å². The summed E-state index contributed by atoms with van der Waals surface area (Å²) in [4.78, 5) is 42.9. The number of hydrogen-bond donors (Lipinski definition) is 1. The van der Waals surface area contributed by atoms with E-state index in [1.807, 2.05) is 36.4 Å². The Hall–Kier alpha value is -3.88. The normalized spacial score (nSPS) is 18.9. The monoisotopic (exact) mass is 522 g/mol. The van der Waals surface area contributed by atoms with Crippen LogP contribution in [-0.4, -0.2) is 54.7 Å². The number of benzene rings is 2. The molecule has 0 saturated heterocycles. The first-order chi connectivity index (χ1) is 18.0. The molecule has 0 saturated carbocycles. The maximum atomic E-state index is 13.0. The third kappa shape index (κ3) is 5.98. The number of nitrogens with one attached hydrogen (secondary N) is 1. The SMILES string of the molecule is COC(=O)C1(C)CC([C@H](CCC(=O)OC(C)(C)C)NC(=O)OCC2c3ccccc3-c3ccccc32)=NO1. The second-order valence-corrected chi connectivity index (χ2v) is 10.7. The first-order valence-electron chi connectivity index (χ1n) is 12.7. The molecule has 0 spiro atoms. The molecule has 38 heavy (non-hydrogen) atoms. The van der Waals surface area contributed by atoms with Crippen molar-refractivity contribution in [2.24, 2.45) is 5.16 Å². The second kappa shape index (κ2) is 10.8. The van der Waals surface area contributed by atoms with Gasteiger partial charge >= 0.3 is 18.0 Å². The van der Waals surface area contributed by atoms with E-state index in [1.54, 1.807) is 27.7 Å². The molecule has 2 aromatic carbocycles. The number of rotatable bonds is 8. The summed E-state index contributed by atoms with van der Waals surface area (Å²) in [6.45, 7) is 7.06. The van der Waals surface area contributed by atoms with Gasteiger partial charge in [-0.2, -0.15) is 0 Å². The summed E-state index contributed by atoms with van der Waals surface area (Å²) >= 11 is 0. The van der Waals surface area contributed by atoms with Crippen molar-refractivity contribution < 1.29 is 33.4 Å². The van der Waals surface area contributed by atoms with E-state index in [1.165, 1.54) is 7.11 Å². The number of esters is 2. The predicted molar refractivity (Wildman–Crippen MR) is 141 cm³/mol. The lowest BCUT2D eigenvalue weighted by molar-refractivity contribution is -0.164. The summed E-state index contributed by atoms with van der Waals surface area (Å²) < 4.78 is 15.9. The van der Waals surface area contributed by atoms with E-state index in [4.69, 9.17) is 19.0 Å². The van der Waals surface area contributed by atoms with Crippen molar-refractivity contribution in [3.63, 3.8) is 0 Å². The first kappa shape index (κ1) is 27.2. The number of carbonyl (C=O) groups is 3. The van der Waals surface area contributed by atoms with Crippen molar-refractivity contribution in [3.05, 3.63) is 59.7 Å². The number of alkyl carbamates (subject to hydrolysis) is 1. The van der Waals surface area contributed by atoms with Gasteiger partial charge in [-0.25, -0.2) is 9.59 Å². The summed E-state index contributed by atoms with van der Waals surface area (Å²) in [5.74, 6) is -1.08. The topological polar surface area (TPSA) is 113 Å². The third-order valence-electron chi connectivity index (χ3n) is 6.60. The molecule has 2 aromatic rings. The Bertz CT molecular complexity index is 1200. The minimum Gasteiger partial charge on any atom is -0.466 e. The molecule has 1 heterocycles. The molecule has 1 aliphatic heterocycles. The van der Waals surface area contributed by atoms with Gasteiger partial charge in [-0.05, 0) is 56.4 Å². The molecule has 1 aliphatic carbocycles. The molecule has 1 unspecified atom stereocenters. The Morgan fingerprint density at radius 3 is 2.26 bits per heavy atom. The summed E-state index contributed by atoms with van der Waals surface area (Å²) in [5.41, 5.74) is 2.94. The molecular weight excluding hydrogens is 488 g/mol. The van der Waals surface area contributed by atoms with Gasteiger partial charge in [0.25, 0.3) is 0 Å². The standard InChI is InChI=1S/C29H34N2O7/c1-28(2,3)37-25(32)15-14-23(24-16-29(4,38-31-24)26(33)35-5)30-27(34)36-17-22-20-12-8-6-10-18(20)19-11-7-9-13-21(19)22/h6-13,22-23H,14-17H2,1-5H3,(H,30,34)/t23-,29?/m0/s1. The molecule has 0 fully saturated rings. The number of methoxy groups -OCH3 is 1. The van der Waals surface area contributed by atoms with Gasteiger partial charge < -0.3 is 24.4 Å². The average Bonchev–Trinajstić information content (AvgIpc) is 3.43. The largest absolute Gasteiger partial charge is 0.466 e. The summed E-state index contributed by atoms with van der Waals surface area (Å²) in [5, 5.41) is 6.87. The van der Waals surface area contributed by atoms with Gasteiger partial charge in [0.2, 0.25) is 5.60 Å². The number of oxime groups is 1. The third-order valence-corrected chi connectivity index (χ3v) is 6.60. The van der Waals surface area contributed by atoms with Gasteiger partial charge in [-0.1, -0.05) is 53.7 Å². The van der Waals surface area contributed by atoms with Crippen LogP contribution in [0.4, 0.5) is 4.79 Å². The summed E-state index contributed by atoms with van der Waals surface area (Å²) in [7, 11) is 1.27. The molecule has 0 radical (unpaired) electrons. The van der Waals surface area contributed by atoms with E-state index >= 15 is 0 Å².